The Balaban J connectivity index is 2.02. The van der Waals surface area contributed by atoms with Gasteiger partial charge in [-0.3, -0.25) is 0 Å². The van der Waals surface area contributed by atoms with Gasteiger partial charge in [0.25, 0.3) is 0 Å². The van der Waals surface area contributed by atoms with Crippen molar-refractivity contribution in [2.45, 2.75) is 4.90 Å². The lowest BCUT2D eigenvalue weighted by molar-refractivity contribution is -0.132. The predicted molar refractivity (Wildman–Crippen MR) is 64.9 cm³/mol. The van der Waals surface area contributed by atoms with E-state index < -0.39 is 5.97 Å². The molecule has 1 aliphatic rings. The molecule has 0 saturated heterocycles. The minimum absolute atomic E-state index is 0.185. The van der Waals surface area contributed by atoms with Crippen molar-refractivity contribution in [3.05, 3.63) is 30.4 Å². The molecule has 4 nitrogen and oxygen atoms in total. The zero-order valence-electron chi connectivity index (χ0n) is 9.14. The Hall–Kier alpha value is -1.62. The predicted octanol–water partition coefficient (Wildman–Crippen LogP) is 2.19. The topological polar surface area (TPSA) is 55.8 Å². The fourth-order valence-corrected chi connectivity index (χ4v) is 2.16. The van der Waals surface area contributed by atoms with Crippen LogP contribution in [-0.4, -0.2) is 30.0 Å². The number of carbonyl (C=O) groups is 1. The van der Waals surface area contributed by atoms with Crippen LogP contribution in [0.1, 0.15) is 0 Å². The first-order valence-electron chi connectivity index (χ1n) is 5.10. The Bertz CT molecular complexity index is 456. The molecule has 0 bridgehead atoms. The zero-order chi connectivity index (χ0) is 12.3. The van der Waals surface area contributed by atoms with Gasteiger partial charge in [0.1, 0.15) is 13.2 Å². The summed E-state index contributed by atoms with van der Waals surface area (Å²) in [5, 5.41) is 8.69. The number of benzene rings is 1. The lowest BCUT2D eigenvalue weighted by Gasteiger charge is -2.18. The van der Waals surface area contributed by atoms with Crippen LogP contribution in [0, 0.1) is 0 Å². The fourth-order valence-electron chi connectivity index (χ4n) is 1.35. The second kappa shape index (κ2) is 5.14. The number of hydrogen-bond donors (Lipinski definition) is 1. The Kier molecular flexibility index (Phi) is 3.58. The number of hydrogen-bond acceptors (Lipinski definition) is 4. The highest BCUT2D eigenvalue weighted by Gasteiger charge is 2.12. The molecule has 1 aliphatic heterocycles. The van der Waals surface area contributed by atoms with E-state index in [0.717, 1.165) is 10.6 Å². The SMILES string of the molecule is C=C(CSc1ccc2c(c1)OCCO2)C(=O)O. The number of aliphatic carboxylic acids is 1. The van der Waals surface area contributed by atoms with Crippen molar-refractivity contribution in [1.82, 2.24) is 0 Å². The number of thioether (sulfide) groups is 1. The van der Waals surface area contributed by atoms with E-state index in [4.69, 9.17) is 14.6 Å². The van der Waals surface area contributed by atoms with Crippen LogP contribution in [-0.2, 0) is 4.79 Å². The lowest BCUT2D eigenvalue weighted by atomic mass is 10.3. The summed E-state index contributed by atoms with van der Waals surface area (Å²) in [6.07, 6.45) is 0. The van der Waals surface area contributed by atoms with E-state index in [-0.39, 0.29) is 5.57 Å². The highest BCUT2D eigenvalue weighted by Crippen LogP contribution is 2.34. The van der Waals surface area contributed by atoms with E-state index in [2.05, 4.69) is 6.58 Å². The van der Waals surface area contributed by atoms with Crippen LogP contribution in [0.15, 0.2) is 35.2 Å². The molecule has 1 aromatic carbocycles. The molecule has 17 heavy (non-hydrogen) atoms. The van der Waals surface area contributed by atoms with Crippen molar-refractivity contribution in [3.63, 3.8) is 0 Å². The molecule has 0 fully saturated rings. The van der Waals surface area contributed by atoms with Gasteiger partial charge in [-0.15, -0.1) is 11.8 Å². The van der Waals surface area contributed by atoms with Crippen LogP contribution in [0.5, 0.6) is 11.5 Å². The van der Waals surface area contributed by atoms with Crippen molar-refractivity contribution in [3.8, 4) is 11.5 Å². The average Bonchev–Trinajstić information content (AvgIpc) is 2.35. The Labute approximate surface area is 103 Å². The molecule has 0 unspecified atom stereocenters. The monoisotopic (exact) mass is 252 g/mol. The first-order valence-corrected chi connectivity index (χ1v) is 6.09. The molecule has 0 spiro atoms. The Morgan fingerprint density at radius 1 is 1.35 bits per heavy atom. The minimum atomic E-state index is -0.963. The molecule has 1 aromatic rings. The van der Waals surface area contributed by atoms with Gasteiger partial charge < -0.3 is 14.6 Å². The maximum Gasteiger partial charge on any atom is 0.331 e. The van der Waals surface area contributed by atoms with Crippen LogP contribution in [0.3, 0.4) is 0 Å². The largest absolute Gasteiger partial charge is 0.486 e. The molecule has 0 amide bonds. The normalized spacial score (nSPS) is 13.2. The summed E-state index contributed by atoms with van der Waals surface area (Å²) in [5.74, 6) is 0.838. The van der Waals surface area contributed by atoms with Crippen LogP contribution in [0.4, 0.5) is 0 Å². The minimum Gasteiger partial charge on any atom is -0.486 e. The van der Waals surface area contributed by atoms with Crippen molar-refractivity contribution in [2.24, 2.45) is 0 Å². The molecule has 0 aliphatic carbocycles. The van der Waals surface area contributed by atoms with Crippen molar-refractivity contribution < 1.29 is 19.4 Å². The third kappa shape index (κ3) is 2.94. The molecule has 2 rings (SSSR count). The molecular weight excluding hydrogens is 240 g/mol. The van der Waals surface area contributed by atoms with Crippen LogP contribution < -0.4 is 9.47 Å². The Morgan fingerprint density at radius 2 is 2.06 bits per heavy atom. The van der Waals surface area contributed by atoms with Crippen LogP contribution in [0.2, 0.25) is 0 Å². The molecule has 0 saturated carbocycles. The first kappa shape index (κ1) is 11.9. The Morgan fingerprint density at radius 3 is 2.76 bits per heavy atom. The van der Waals surface area contributed by atoms with Crippen LogP contribution in [0.25, 0.3) is 0 Å². The third-order valence-electron chi connectivity index (χ3n) is 2.23. The van der Waals surface area contributed by atoms with Gasteiger partial charge in [-0.05, 0) is 18.2 Å². The van der Waals surface area contributed by atoms with Gasteiger partial charge >= 0.3 is 5.97 Å². The second-order valence-corrected chi connectivity index (χ2v) is 4.55. The van der Waals surface area contributed by atoms with E-state index in [1.165, 1.54) is 11.8 Å². The number of rotatable bonds is 4. The third-order valence-corrected chi connectivity index (χ3v) is 3.31. The summed E-state index contributed by atoms with van der Waals surface area (Å²) in [7, 11) is 0. The van der Waals surface area contributed by atoms with E-state index in [1.54, 1.807) is 0 Å². The van der Waals surface area contributed by atoms with Gasteiger partial charge in [0.05, 0.1) is 0 Å². The van der Waals surface area contributed by atoms with Crippen molar-refractivity contribution in [1.29, 1.82) is 0 Å². The molecule has 90 valence electrons. The molecule has 1 N–H and O–H groups in total. The zero-order valence-corrected chi connectivity index (χ0v) is 9.96. The molecular formula is C12H12O4S. The standard InChI is InChI=1S/C12H12O4S/c1-8(12(13)14)7-17-9-2-3-10-11(6-9)16-5-4-15-10/h2-3,6H,1,4-5,7H2,(H,13,14). The quantitative estimate of drug-likeness (QED) is 0.657. The number of fused-ring (bicyclic) bond motifs is 1. The maximum atomic E-state index is 10.6. The van der Waals surface area contributed by atoms with Crippen molar-refractivity contribution in [2.75, 3.05) is 19.0 Å². The highest BCUT2D eigenvalue weighted by molar-refractivity contribution is 7.99. The number of ether oxygens (including phenoxy) is 2. The smallest absolute Gasteiger partial charge is 0.331 e. The fraction of sp³-hybridized carbons (Fsp3) is 0.250. The second-order valence-electron chi connectivity index (χ2n) is 3.50. The van der Waals surface area contributed by atoms with Crippen molar-refractivity contribution >= 4 is 17.7 Å². The summed E-state index contributed by atoms with van der Waals surface area (Å²) < 4.78 is 10.8. The van der Waals surface area contributed by atoms with Gasteiger partial charge in [0, 0.05) is 16.2 Å². The maximum absolute atomic E-state index is 10.6. The van der Waals surface area contributed by atoms with Crippen LogP contribution >= 0.6 is 11.8 Å². The molecule has 0 atom stereocenters. The summed E-state index contributed by atoms with van der Waals surface area (Å²) in [6.45, 7) is 4.59. The summed E-state index contributed by atoms with van der Waals surface area (Å²) in [4.78, 5) is 11.5. The molecule has 0 radical (unpaired) electrons. The first-order chi connectivity index (χ1) is 8.16. The molecule has 5 heteroatoms. The van der Waals surface area contributed by atoms with Gasteiger partial charge in [-0.2, -0.15) is 0 Å². The number of carboxylic acids is 1. The van der Waals surface area contributed by atoms with E-state index in [0.29, 0.717) is 24.7 Å². The van der Waals surface area contributed by atoms with Gasteiger partial charge in [0.2, 0.25) is 0 Å². The summed E-state index contributed by atoms with van der Waals surface area (Å²) >= 11 is 1.41. The lowest BCUT2D eigenvalue weighted by Crippen LogP contribution is -2.15. The van der Waals surface area contributed by atoms with E-state index in [9.17, 15) is 4.79 Å². The van der Waals surface area contributed by atoms with Gasteiger partial charge in [0.15, 0.2) is 11.5 Å². The average molecular weight is 252 g/mol. The summed E-state index contributed by atoms with van der Waals surface area (Å²) in [5.41, 5.74) is 0.185. The van der Waals surface area contributed by atoms with E-state index >= 15 is 0 Å². The summed E-state index contributed by atoms with van der Waals surface area (Å²) in [6, 6.07) is 5.57. The number of carboxylic acid groups (broad SMARTS) is 1. The van der Waals surface area contributed by atoms with Gasteiger partial charge in [-0.25, -0.2) is 4.79 Å². The molecule has 0 aromatic heterocycles. The molecule has 1 heterocycles. The van der Waals surface area contributed by atoms with E-state index in [1.807, 2.05) is 18.2 Å². The van der Waals surface area contributed by atoms with Gasteiger partial charge in [-0.1, -0.05) is 6.58 Å². The highest BCUT2D eigenvalue weighted by atomic mass is 32.2.